The monoisotopic (exact) mass is 1020 g/mol. The number of benzene rings is 10. The Bertz CT molecular complexity index is 4140. The third-order valence-corrected chi connectivity index (χ3v) is 15.8. The van der Waals surface area contributed by atoms with Crippen molar-refractivity contribution in [1.29, 1.82) is 10.5 Å². The zero-order chi connectivity index (χ0) is 54.5. The lowest BCUT2D eigenvalue weighted by atomic mass is 9.94. The Morgan fingerprint density at radius 1 is 0.333 bits per heavy atom. The molecule has 12 rings (SSSR count). The lowest BCUT2D eigenvalue weighted by Crippen LogP contribution is -2.07. The molecule has 0 radical (unpaired) electrons. The first-order chi connectivity index (χ1) is 37.5. The molecule has 0 saturated heterocycles. The van der Waals surface area contributed by atoms with Crippen LogP contribution in [-0.4, -0.2) is 9.13 Å². The van der Waals surface area contributed by atoms with Gasteiger partial charge in [0.1, 0.15) is 11.6 Å². The first-order valence-corrected chi connectivity index (χ1v) is 26.2. The molecule has 0 aliphatic carbocycles. The lowest BCUT2D eigenvalue weighted by molar-refractivity contribution is -0.137. The van der Waals surface area contributed by atoms with E-state index in [1.165, 1.54) is 6.07 Å². The van der Waals surface area contributed by atoms with Gasteiger partial charge >= 0.3 is 6.18 Å². The van der Waals surface area contributed by atoms with Crippen molar-refractivity contribution < 1.29 is 13.2 Å². The molecule has 0 fully saturated rings. The maximum absolute atomic E-state index is 14.5. The summed E-state index contributed by atoms with van der Waals surface area (Å²) < 4.78 is 47.7. The Labute approximate surface area is 452 Å². The predicted molar refractivity (Wildman–Crippen MR) is 315 cm³/mol. The molecule has 0 aliphatic rings. The fraction of sp³-hybridized carbons (Fsp3) is 0.127. The van der Waals surface area contributed by atoms with Gasteiger partial charge in [-0.25, -0.2) is 0 Å². The molecule has 0 atom stereocenters. The minimum absolute atomic E-state index is 0.139. The van der Waals surface area contributed by atoms with Gasteiger partial charge in [-0.3, -0.25) is 0 Å². The van der Waals surface area contributed by atoms with E-state index < -0.39 is 11.7 Å². The van der Waals surface area contributed by atoms with Gasteiger partial charge in [0.15, 0.2) is 0 Å². The Morgan fingerprint density at radius 2 is 0.654 bits per heavy atom. The maximum Gasteiger partial charge on any atom is 0.416 e. The summed E-state index contributed by atoms with van der Waals surface area (Å²) in [5, 5.41) is 26.7. The van der Waals surface area contributed by atoms with E-state index in [2.05, 4.69) is 222 Å². The second-order valence-corrected chi connectivity index (χ2v) is 21.2. The molecule has 378 valence electrons. The largest absolute Gasteiger partial charge is 0.416 e. The molecule has 0 bridgehead atoms. The van der Waals surface area contributed by atoms with E-state index in [9.17, 15) is 23.7 Å². The fourth-order valence-corrected chi connectivity index (χ4v) is 12.1. The maximum atomic E-state index is 14.5. The fourth-order valence-electron chi connectivity index (χ4n) is 12.1. The van der Waals surface area contributed by atoms with Crippen molar-refractivity contribution in [3.05, 3.63) is 237 Å². The van der Waals surface area contributed by atoms with Crippen LogP contribution in [0.25, 0.3) is 111 Å². The molecule has 10 aromatic carbocycles. The number of rotatable bonds is 7. The highest BCUT2D eigenvalue weighted by Crippen LogP contribution is 2.45. The Hall–Kier alpha value is -9.43. The summed E-state index contributed by atoms with van der Waals surface area (Å²) >= 11 is 0. The normalized spacial score (nSPS) is 11.8. The Morgan fingerprint density at radius 3 is 0.936 bits per heavy atom. The number of fused-ring (bicyclic) bond motifs is 6. The van der Waals surface area contributed by atoms with Crippen molar-refractivity contribution in [2.45, 2.75) is 61.6 Å². The first kappa shape index (κ1) is 49.4. The molecular weight excluding hydrogens is 966 g/mol. The molecule has 7 heteroatoms. The minimum Gasteiger partial charge on any atom is -0.308 e. The van der Waals surface area contributed by atoms with E-state index in [1.54, 1.807) is 0 Å². The number of hydrogen-bond acceptors (Lipinski definition) is 2. The lowest BCUT2D eigenvalue weighted by Gasteiger charge is -2.20. The Balaban J connectivity index is 1.26. The van der Waals surface area contributed by atoms with Gasteiger partial charge < -0.3 is 9.13 Å². The van der Waals surface area contributed by atoms with Crippen molar-refractivity contribution in [3.8, 4) is 79.1 Å². The Kier molecular flexibility index (Phi) is 11.8. The SMILES string of the molecule is Cc1ccc(-c2ccc3c4ccc(-c5ccc(C)cc5C)cc4n(-c4cc(-c5ccc(C(F)(F)F)cc5C#N)cc(-n5c6cc(-c7ccc(C)cc7C)ccc6c6ccc(-c7ccc(C)cc7C)cc65)c4C#N)c3c2)c(C)c1. The molecule has 2 heterocycles. The number of hydrogen-bond donors (Lipinski definition) is 0. The molecule has 0 spiro atoms. The van der Waals surface area contributed by atoms with E-state index >= 15 is 0 Å². The summed E-state index contributed by atoms with van der Waals surface area (Å²) in [6.07, 6.45) is -4.68. The van der Waals surface area contributed by atoms with Crippen molar-refractivity contribution in [2.24, 2.45) is 0 Å². The summed E-state index contributed by atoms with van der Waals surface area (Å²) in [5.74, 6) is 0. The summed E-state index contributed by atoms with van der Waals surface area (Å²) in [6, 6.07) is 63.6. The highest BCUT2D eigenvalue weighted by molar-refractivity contribution is 6.13. The summed E-state index contributed by atoms with van der Waals surface area (Å²) in [7, 11) is 0. The van der Waals surface area contributed by atoms with Gasteiger partial charge in [-0.2, -0.15) is 23.7 Å². The van der Waals surface area contributed by atoms with Crippen LogP contribution >= 0.6 is 0 Å². The molecule has 4 nitrogen and oxygen atoms in total. The average molecular weight is 1020 g/mol. The second-order valence-electron chi connectivity index (χ2n) is 21.2. The molecule has 78 heavy (non-hydrogen) atoms. The van der Waals surface area contributed by atoms with E-state index in [1.807, 2.05) is 12.1 Å². The standard InChI is InChI=1S/C71H53F3N4/c1-40-9-18-55(44(5)27-40)48-13-22-60-61-23-14-49(56-19-10-41(2)28-45(56)6)33-66(61)77(65(60)32-48)69-36-52(59-26-17-54(71(72,73)74)31-53(59)38-75)37-70(64(69)39-76)78-67-34-50(57-20-11-42(3)29-46(57)7)15-24-62(67)63-25-16-51(35-68(63)78)58-21-12-43(4)30-47(58)8/h9-37H,1-8H3. The van der Waals surface area contributed by atoms with Gasteiger partial charge in [-0.05, 0) is 182 Å². The van der Waals surface area contributed by atoms with Crippen LogP contribution in [0.2, 0.25) is 0 Å². The molecule has 12 aromatic rings. The van der Waals surface area contributed by atoms with E-state index in [4.69, 9.17) is 0 Å². The smallest absolute Gasteiger partial charge is 0.308 e. The van der Waals surface area contributed by atoms with Crippen LogP contribution < -0.4 is 0 Å². The van der Waals surface area contributed by atoms with Gasteiger partial charge in [-0.1, -0.05) is 150 Å². The summed E-state index contributed by atoms with van der Waals surface area (Å²) in [6.45, 7) is 16.8. The number of alkyl halides is 3. The van der Waals surface area contributed by atoms with Gasteiger partial charge in [0.2, 0.25) is 0 Å². The average Bonchev–Trinajstić information content (AvgIpc) is 4.11. The highest BCUT2D eigenvalue weighted by Gasteiger charge is 2.32. The van der Waals surface area contributed by atoms with Crippen LogP contribution in [0.1, 0.15) is 61.2 Å². The van der Waals surface area contributed by atoms with Crippen molar-refractivity contribution in [1.82, 2.24) is 9.13 Å². The van der Waals surface area contributed by atoms with Crippen LogP contribution in [0.3, 0.4) is 0 Å². The number of nitriles is 2. The van der Waals surface area contributed by atoms with Gasteiger partial charge in [0.05, 0.1) is 50.6 Å². The molecular formula is C71H53F3N4. The van der Waals surface area contributed by atoms with Gasteiger partial charge in [-0.15, -0.1) is 0 Å². The number of halogens is 3. The van der Waals surface area contributed by atoms with Crippen LogP contribution in [0.5, 0.6) is 0 Å². The molecule has 0 aliphatic heterocycles. The summed E-state index contributed by atoms with van der Waals surface area (Å²) in [5.41, 5.74) is 21.7. The van der Waals surface area contributed by atoms with Crippen LogP contribution in [-0.2, 0) is 6.18 Å². The van der Waals surface area contributed by atoms with Crippen LogP contribution in [0.15, 0.2) is 176 Å². The van der Waals surface area contributed by atoms with Crippen molar-refractivity contribution in [3.63, 3.8) is 0 Å². The molecule has 0 unspecified atom stereocenters. The molecule has 0 saturated carbocycles. The van der Waals surface area contributed by atoms with E-state index in [0.29, 0.717) is 28.1 Å². The highest BCUT2D eigenvalue weighted by atomic mass is 19.4. The number of aryl methyl sites for hydroxylation is 8. The predicted octanol–water partition coefficient (Wildman–Crippen LogP) is 19.4. The zero-order valence-electron chi connectivity index (χ0n) is 44.7. The van der Waals surface area contributed by atoms with Gasteiger partial charge in [0.25, 0.3) is 0 Å². The van der Waals surface area contributed by atoms with Crippen LogP contribution in [0.4, 0.5) is 13.2 Å². The summed E-state index contributed by atoms with van der Waals surface area (Å²) in [4.78, 5) is 0. The minimum atomic E-state index is -4.68. The van der Waals surface area contributed by atoms with E-state index in [0.717, 1.165) is 145 Å². The number of nitrogens with zero attached hydrogens (tertiary/aromatic N) is 4. The van der Waals surface area contributed by atoms with E-state index in [-0.39, 0.29) is 5.56 Å². The number of aromatic nitrogens is 2. The zero-order valence-corrected chi connectivity index (χ0v) is 44.7. The van der Waals surface area contributed by atoms with Crippen molar-refractivity contribution in [2.75, 3.05) is 0 Å². The second kappa shape index (κ2) is 18.7. The van der Waals surface area contributed by atoms with Crippen LogP contribution in [0, 0.1) is 78.1 Å². The van der Waals surface area contributed by atoms with Crippen molar-refractivity contribution >= 4 is 43.6 Å². The molecule has 2 aromatic heterocycles. The topological polar surface area (TPSA) is 57.4 Å². The third kappa shape index (κ3) is 8.31. The first-order valence-electron chi connectivity index (χ1n) is 26.2. The molecule has 0 N–H and O–H groups in total. The molecule has 0 amide bonds. The third-order valence-electron chi connectivity index (χ3n) is 15.8. The quantitative estimate of drug-likeness (QED) is 0.160. The van der Waals surface area contributed by atoms with Gasteiger partial charge in [0, 0.05) is 21.5 Å².